The van der Waals surface area contributed by atoms with Crippen LogP contribution >= 0.6 is 0 Å². The van der Waals surface area contributed by atoms with Crippen molar-refractivity contribution in [3.8, 4) is 0 Å². The van der Waals surface area contributed by atoms with Crippen LogP contribution in [0, 0.1) is 6.92 Å². The summed E-state index contributed by atoms with van der Waals surface area (Å²) in [6.45, 7) is 7.87. The summed E-state index contributed by atoms with van der Waals surface area (Å²) in [5.41, 5.74) is 2.56. The molecule has 0 amide bonds. The molecule has 1 saturated heterocycles. The van der Waals surface area contributed by atoms with Crippen LogP contribution in [0.2, 0.25) is 0 Å². The summed E-state index contributed by atoms with van der Waals surface area (Å²) >= 11 is 0. The minimum Gasteiger partial charge on any atom is -0.314 e. The van der Waals surface area contributed by atoms with Gasteiger partial charge in [0.1, 0.15) is 0 Å². The maximum absolute atomic E-state index is 4.42. The number of nitrogens with zero attached hydrogens (tertiary/aromatic N) is 2. The third-order valence-electron chi connectivity index (χ3n) is 2.99. The monoisotopic (exact) mass is 205 g/mol. The van der Waals surface area contributed by atoms with E-state index < -0.39 is 0 Å². The third-order valence-corrected chi connectivity index (χ3v) is 2.99. The lowest BCUT2D eigenvalue weighted by molar-refractivity contribution is 0.243. The molecule has 1 aliphatic heterocycles. The number of aryl methyl sites for hydroxylation is 1. The zero-order valence-electron chi connectivity index (χ0n) is 9.37. The fourth-order valence-corrected chi connectivity index (χ4v) is 1.98. The summed E-state index contributed by atoms with van der Waals surface area (Å²) in [6.07, 6.45) is 2.97. The van der Waals surface area contributed by atoms with E-state index in [1.165, 1.54) is 24.3 Å². The van der Waals surface area contributed by atoms with Gasteiger partial charge in [0.15, 0.2) is 0 Å². The number of hydrogen-bond donors (Lipinski definition) is 1. The lowest BCUT2D eigenvalue weighted by atomic mass is 10.1. The summed E-state index contributed by atoms with van der Waals surface area (Å²) in [6, 6.07) is 4.14. The summed E-state index contributed by atoms with van der Waals surface area (Å²) in [7, 11) is 0. The molecule has 0 aliphatic carbocycles. The zero-order chi connectivity index (χ0) is 10.5. The van der Waals surface area contributed by atoms with Crippen molar-refractivity contribution >= 4 is 0 Å². The minimum atomic E-state index is 1.08. The first kappa shape index (κ1) is 10.6. The average molecular weight is 205 g/mol. The Hall–Kier alpha value is -0.930. The zero-order valence-corrected chi connectivity index (χ0v) is 9.37. The maximum atomic E-state index is 4.42. The summed E-state index contributed by atoms with van der Waals surface area (Å²) in [5, 5.41) is 3.37. The van der Waals surface area contributed by atoms with Crippen LogP contribution in [0.25, 0.3) is 0 Å². The number of rotatable bonds is 3. The Labute approximate surface area is 91.5 Å². The molecule has 82 valence electrons. The van der Waals surface area contributed by atoms with Gasteiger partial charge in [-0.25, -0.2) is 0 Å². The molecule has 0 spiro atoms. The molecule has 0 bridgehead atoms. The molecule has 0 unspecified atom stereocenters. The van der Waals surface area contributed by atoms with E-state index in [9.17, 15) is 0 Å². The van der Waals surface area contributed by atoms with Crippen LogP contribution in [0.1, 0.15) is 11.3 Å². The molecule has 3 heteroatoms. The smallest absolute Gasteiger partial charge is 0.0445 e. The van der Waals surface area contributed by atoms with Crippen LogP contribution < -0.4 is 5.32 Å². The fraction of sp³-hybridized carbons (Fsp3) is 0.583. The highest BCUT2D eigenvalue weighted by molar-refractivity contribution is 5.17. The maximum Gasteiger partial charge on any atom is 0.0445 e. The van der Waals surface area contributed by atoms with Crippen LogP contribution in [-0.4, -0.2) is 42.6 Å². The molecule has 0 atom stereocenters. The number of aromatic nitrogens is 1. The molecule has 3 nitrogen and oxygen atoms in total. The van der Waals surface area contributed by atoms with Crippen LogP contribution in [0.5, 0.6) is 0 Å². The van der Waals surface area contributed by atoms with Crippen molar-refractivity contribution in [3.05, 3.63) is 29.6 Å². The van der Waals surface area contributed by atoms with E-state index in [1.54, 1.807) is 0 Å². The van der Waals surface area contributed by atoms with Gasteiger partial charge in [-0.05, 0) is 18.6 Å². The lowest BCUT2D eigenvalue weighted by Crippen LogP contribution is -2.44. The predicted octanol–water partition coefficient (Wildman–Crippen LogP) is 0.838. The Morgan fingerprint density at radius 1 is 1.40 bits per heavy atom. The molecule has 1 N–H and O–H groups in total. The Morgan fingerprint density at radius 2 is 2.20 bits per heavy atom. The van der Waals surface area contributed by atoms with E-state index in [1.807, 2.05) is 12.3 Å². The molecular weight excluding hydrogens is 186 g/mol. The van der Waals surface area contributed by atoms with Crippen molar-refractivity contribution < 1.29 is 0 Å². The van der Waals surface area contributed by atoms with Crippen molar-refractivity contribution in [3.63, 3.8) is 0 Å². The van der Waals surface area contributed by atoms with Gasteiger partial charge in [0.25, 0.3) is 0 Å². The second kappa shape index (κ2) is 5.24. The lowest BCUT2D eigenvalue weighted by Gasteiger charge is -2.27. The molecule has 2 rings (SSSR count). The van der Waals surface area contributed by atoms with Crippen molar-refractivity contribution in [2.45, 2.75) is 13.3 Å². The molecule has 0 saturated carbocycles. The number of nitrogens with one attached hydrogen (secondary N) is 1. The number of piperazine rings is 1. The van der Waals surface area contributed by atoms with Gasteiger partial charge < -0.3 is 10.2 Å². The van der Waals surface area contributed by atoms with E-state index in [4.69, 9.17) is 0 Å². The van der Waals surface area contributed by atoms with Gasteiger partial charge in [-0.2, -0.15) is 0 Å². The van der Waals surface area contributed by atoms with E-state index in [2.05, 4.69) is 28.2 Å². The first-order valence-corrected chi connectivity index (χ1v) is 5.70. The van der Waals surface area contributed by atoms with Crippen LogP contribution in [0.4, 0.5) is 0 Å². The quantitative estimate of drug-likeness (QED) is 0.792. The second-order valence-corrected chi connectivity index (χ2v) is 4.11. The Morgan fingerprint density at radius 3 is 2.93 bits per heavy atom. The van der Waals surface area contributed by atoms with E-state index in [0.717, 1.165) is 26.1 Å². The van der Waals surface area contributed by atoms with E-state index in [-0.39, 0.29) is 0 Å². The summed E-state index contributed by atoms with van der Waals surface area (Å²) in [4.78, 5) is 6.92. The van der Waals surface area contributed by atoms with Gasteiger partial charge in [0.05, 0.1) is 0 Å². The predicted molar refractivity (Wildman–Crippen MR) is 62.0 cm³/mol. The molecule has 0 radical (unpaired) electrons. The minimum absolute atomic E-state index is 1.08. The largest absolute Gasteiger partial charge is 0.314 e. The highest BCUT2D eigenvalue weighted by Crippen LogP contribution is 2.05. The van der Waals surface area contributed by atoms with Crippen molar-refractivity contribution in [2.75, 3.05) is 32.7 Å². The molecule has 15 heavy (non-hydrogen) atoms. The topological polar surface area (TPSA) is 28.2 Å². The molecular formula is C12H19N3. The fourth-order valence-electron chi connectivity index (χ4n) is 1.98. The molecule has 1 aliphatic rings. The Balaban J connectivity index is 1.84. The van der Waals surface area contributed by atoms with Gasteiger partial charge in [0.2, 0.25) is 0 Å². The Kier molecular flexibility index (Phi) is 3.69. The van der Waals surface area contributed by atoms with E-state index >= 15 is 0 Å². The average Bonchev–Trinajstić information content (AvgIpc) is 2.29. The van der Waals surface area contributed by atoms with Gasteiger partial charge in [0, 0.05) is 51.0 Å². The summed E-state index contributed by atoms with van der Waals surface area (Å²) < 4.78 is 0. The Bertz CT molecular complexity index is 305. The number of pyridine rings is 1. The van der Waals surface area contributed by atoms with Crippen LogP contribution in [0.15, 0.2) is 18.3 Å². The van der Waals surface area contributed by atoms with Crippen molar-refractivity contribution in [2.24, 2.45) is 0 Å². The molecule has 2 heterocycles. The van der Waals surface area contributed by atoms with Gasteiger partial charge in [-0.1, -0.05) is 6.07 Å². The SMILES string of the molecule is Cc1cccnc1CCN1CCNCC1. The highest BCUT2D eigenvalue weighted by Gasteiger charge is 2.09. The normalized spacial score (nSPS) is 17.9. The first-order chi connectivity index (χ1) is 7.36. The molecule has 1 aromatic heterocycles. The van der Waals surface area contributed by atoms with Crippen molar-refractivity contribution in [1.29, 1.82) is 0 Å². The molecule has 1 fully saturated rings. The van der Waals surface area contributed by atoms with Gasteiger partial charge in [-0.3, -0.25) is 4.98 Å². The standard InChI is InChI=1S/C12H19N3/c1-11-3-2-5-14-12(11)4-8-15-9-6-13-7-10-15/h2-3,5,13H,4,6-10H2,1H3. The first-order valence-electron chi connectivity index (χ1n) is 5.70. The third kappa shape index (κ3) is 3.01. The van der Waals surface area contributed by atoms with E-state index in [0.29, 0.717) is 0 Å². The molecule has 1 aromatic rings. The number of hydrogen-bond acceptors (Lipinski definition) is 3. The van der Waals surface area contributed by atoms with Gasteiger partial charge in [-0.15, -0.1) is 0 Å². The van der Waals surface area contributed by atoms with Gasteiger partial charge >= 0.3 is 0 Å². The van der Waals surface area contributed by atoms with Crippen LogP contribution in [0.3, 0.4) is 0 Å². The second-order valence-electron chi connectivity index (χ2n) is 4.11. The van der Waals surface area contributed by atoms with Crippen molar-refractivity contribution in [1.82, 2.24) is 15.2 Å². The van der Waals surface area contributed by atoms with Crippen LogP contribution in [-0.2, 0) is 6.42 Å². The summed E-state index contributed by atoms with van der Waals surface area (Å²) in [5.74, 6) is 0. The highest BCUT2D eigenvalue weighted by atomic mass is 15.2. The molecule has 0 aromatic carbocycles.